The van der Waals surface area contributed by atoms with Gasteiger partial charge in [0.15, 0.2) is 0 Å². The highest BCUT2D eigenvalue weighted by molar-refractivity contribution is 6.30. The average molecular weight is 277 g/mol. The Labute approximate surface area is 118 Å². The molecule has 2 rings (SSSR count). The summed E-state index contributed by atoms with van der Waals surface area (Å²) in [7, 11) is 0. The number of likely N-dealkylation sites (N-methyl/N-ethyl adjacent to an activating group) is 1. The van der Waals surface area contributed by atoms with E-state index in [0.717, 1.165) is 29.9 Å². The SMILES string of the molecule is CCNC(Cc1cnccc1N)c1ccc(Cl)cn1. The smallest absolute Gasteiger partial charge is 0.0589 e. The summed E-state index contributed by atoms with van der Waals surface area (Å²) < 4.78 is 0. The molecular weight excluding hydrogens is 260 g/mol. The zero-order chi connectivity index (χ0) is 13.7. The van der Waals surface area contributed by atoms with Gasteiger partial charge in [-0.15, -0.1) is 0 Å². The topological polar surface area (TPSA) is 63.8 Å². The van der Waals surface area contributed by atoms with E-state index in [1.807, 2.05) is 18.2 Å². The molecule has 0 saturated heterocycles. The Morgan fingerprint density at radius 3 is 2.79 bits per heavy atom. The minimum atomic E-state index is 0.105. The van der Waals surface area contributed by atoms with Crippen LogP contribution in [0.15, 0.2) is 36.8 Å². The standard InChI is InChI=1S/C14H17ClN4/c1-2-18-14(13-4-3-11(15)9-19-13)7-10-8-17-6-5-12(10)16/h3-6,8-9,14,18H,2,7H2,1H3,(H2,16,17). The van der Waals surface area contributed by atoms with Gasteiger partial charge in [0.05, 0.1) is 16.8 Å². The lowest BCUT2D eigenvalue weighted by atomic mass is 10.0. The number of aromatic nitrogens is 2. The van der Waals surface area contributed by atoms with E-state index in [0.29, 0.717) is 5.02 Å². The number of pyridine rings is 2. The van der Waals surface area contributed by atoms with Crippen molar-refractivity contribution in [3.63, 3.8) is 0 Å². The summed E-state index contributed by atoms with van der Waals surface area (Å²) in [6, 6.07) is 5.70. The van der Waals surface area contributed by atoms with Gasteiger partial charge in [-0.05, 0) is 36.7 Å². The summed E-state index contributed by atoms with van der Waals surface area (Å²) >= 11 is 5.87. The lowest BCUT2D eigenvalue weighted by molar-refractivity contribution is 0.537. The van der Waals surface area contributed by atoms with Crippen LogP contribution in [0.1, 0.15) is 24.2 Å². The van der Waals surface area contributed by atoms with E-state index in [2.05, 4.69) is 22.2 Å². The first-order valence-corrected chi connectivity index (χ1v) is 6.61. The number of anilines is 1. The van der Waals surface area contributed by atoms with Crippen molar-refractivity contribution in [3.8, 4) is 0 Å². The summed E-state index contributed by atoms with van der Waals surface area (Å²) in [6.07, 6.45) is 5.91. The number of nitrogens with two attached hydrogens (primary N) is 1. The van der Waals surface area contributed by atoms with E-state index in [1.165, 1.54) is 0 Å². The minimum absolute atomic E-state index is 0.105. The third kappa shape index (κ3) is 3.66. The molecule has 0 aliphatic rings. The van der Waals surface area contributed by atoms with Gasteiger partial charge in [-0.1, -0.05) is 18.5 Å². The predicted octanol–water partition coefficient (Wildman–Crippen LogP) is 2.61. The van der Waals surface area contributed by atoms with Crippen LogP contribution in [-0.4, -0.2) is 16.5 Å². The Morgan fingerprint density at radius 1 is 1.32 bits per heavy atom. The first-order valence-electron chi connectivity index (χ1n) is 6.24. The molecule has 5 heteroatoms. The van der Waals surface area contributed by atoms with Crippen molar-refractivity contribution < 1.29 is 0 Å². The number of hydrogen-bond acceptors (Lipinski definition) is 4. The lowest BCUT2D eigenvalue weighted by Crippen LogP contribution is -2.24. The number of nitrogen functional groups attached to an aromatic ring is 1. The van der Waals surface area contributed by atoms with Crippen LogP contribution in [0, 0.1) is 0 Å². The molecule has 2 aromatic heterocycles. The molecule has 0 aliphatic carbocycles. The maximum Gasteiger partial charge on any atom is 0.0589 e. The fraction of sp³-hybridized carbons (Fsp3) is 0.286. The van der Waals surface area contributed by atoms with E-state index in [4.69, 9.17) is 17.3 Å². The molecule has 0 aliphatic heterocycles. The molecule has 0 saturated carbocycles. The second-order valence-corrected chi connectivity index (χ2v) is 4.73. The van der Waals surface area contributed by atoms with E-state index in [9.17, 15) is 0 Å². The van der Waals surface area contributed by atoms with Crippen molar-refractivity contribution >= 4 is 17.3 Å². The molecule has 0 radical (unpaired) electrons. The summed E-state index contributed by atoms with van der Waals surface area (Å²) in [5.74, 6) is 0. The Balaban J connectivity index is 2.21. The molecule has 1 unspecified atom stereocenters. The van der Waals surface area contributed by atoms with Gasteiger partial charge in [0.1, 0.15) is 0 Å². The molecule has 4 nitrogen and oxygen atoms in total. The van der Waals surface area contributed by atoms with Crippen molar-refractivity contribution in [2.24, 2.45) is 0 Å². The van der Waals surface area contributed by atoms with Gasteiger partial charge >= 0.3 is 0 Å². The molecule has 2 heterocycles. The highest BCUT2D eigenvalue weighted by atomic mass is 35.5. The second-order valence-electron chi connectivity index (χ2n) is 4.29. The monoisotopic (exact) mass is 276 g/mol. The Bertz CT molecular complexity index is 527. The maximum absolute atomic E-state index is 5.96. The van der Waals surface area contributed by atoms with Crippen LogP contribution in [0.3, 0.4) is 0 Å². The molecule has 0 aromatic carbocycles. The number of halogens is 1. The zero-order valence-corrected chi connectivity index (χ0v) is 11.6. The van der Waals surface area contributed by atoms with Crippen molar-refractivity contribution in [3.05, 3.63) is 53.1 Å². The summed E-state index contributed by atoms with van der Waals surface area (Å²) in [5, 5.41) is 4.04. The van der Waals surface area contributed by atoms with Crippen LogP contribution in [0.4, 0.5) is 5.69 Å². The van der Waals surface area contributed by atoms with E-state index < -0.39 is 0 Å². The van der Waals surface area contributed by atoms with Gasteiger partial charge in [-0.25, -0.2) is 0 Å². The molecule has 0 spiro atoms. The fourth-order valence-corrected chi connectivity index (χ4v) is 2.06. The van der Waals surface area contributed by atoms with Crippen LogP contribution in [-0.2, 0) is 6.42 Å². The fourth-order valence-electron chi connectivity index (χ4n) is 1.95. The molecule has 0 amide bonds. The largest absolute Gasteiger partial charge is 0.398 e. The number of hydrogen-bond donors (Lipinski definition) is 2. The molecule has 100 valence electrons. The number of nitrogens with zero attached hydrogens (tertiary/aromatic N) is 2. The van der Waals surface area contributed by atoms with Crippen molar-refractivity contribution in [1.29, 1.82) is 0 Å². The Hall–Kier alpha value is -1.65. The van der Waals surface area contributed by atoms with E-state index in [1.54, 1.807) is 18.6 Å². The zero-order valence-electron chi connectivity index (χ0n) is 10.8. The van der Waals surface area contributed by atoms with Crippen LogP contribution >= 0.6 is 11.6 Å². The maximum atomic E-state index is 5.96. The summed E-state index contributed by atoms with van der Waals surface area (Å²) in [6.45, 7) is 2.92. The highest BCUT2D eigenvalue weighted by Crippen LogP contribution is 2.20. The Kier molecular flexibility index (Phi) is 4.71. The quantitative estimate of drug-likeness (QED) is 0.881. The molecule has 2 aromatic rings. The van der Waals surface area contributed by atoms with Crippen molar-refractivity contribution in [1.82, 2.24) is 15.3 Å². The first-order chi connectivity index (χ1) is 9.20. The molecular formula is C14H17ClN4. The van der Waals surface area contributed by atoms with Crippen molar-refractivity contribution in [2.75, 3.05) is 12.3 Å². The van der Waals surface area contributed by atoms with E-state index in [-0.39, 0.29) is 6.04 Å². The predicted molar refractivity (Wildman–Crippen MR) is 78.0 cm³/mol. The average Bonchev–Trinajstić information content (AvgIpc) is 2.42. The van der Waals surface area contributed by atoms with E-state index >= 15 is 0 Å². The van der Waals surface area contributed by atoms with Gasteiger partial charge in [0.25, 0.3) is 0 Å². The molecule has 19 heavy (non-hydrogen) atoms. The van der Waals surface area contributed by atoms with Crippen LogP contribution < -0.4 is 11.1 Å². The third-order valence-electron chi connectivity index (χ3n) is 2.92. The molecule has 3 N–H and O–H groups in total. The van der Waals surface area contributed by atoms with Gasteiger partial charge in [0.2, 0.25) is 0 Å². The summed E-state index contributed by atoms with van der Waals surface area (Å²) in [5.41, 5.74) is 8.69. The normalized spacial score (nSPS) is 12.3. The van der Waals surface area contributed by atoms with Crippen LogP contribution in [0.2, 0.25) is 5.02 Å². The van der Waals surface area contributed by atoms with Crippen LogP contribution in [0.5, 0.6) is 0 Å². The lowest BCUT2D eigenvalue weighted by Gasteiger charge is -2.18. The third-order valence-corrected chi connectivity index (χ3v) is 3.15. The number of nitrogens with one attached hydrogen (secondary N) is 1. The second kappa shape index (κ2) is 6.50. The summed E-state index contributed by atoms with van der Waals surface area (Å²) in [4.78, 5) is 8.48. The highest BCUT2D eigenvalue weighted by Gasteiger charge is 2.14. The van der Waals surface area contributed by atoms with Gasteiger partial charge in [-0.2, -0.15) is 0 Å². The van der Waals surface area contributed by atoms with Gasteiger partial charge < -0.3 is 11.1 Å². The van der Waals surface area contributed by atoms with Gasteiger partial charge in [-0.3, -0.25) is 9.97 Å². The molecule has 0 bridgehead atoms. The van der Waals surface area contributed by atoms with Crippen molar-refractivity contribution in [2.45, 2.75) is 19.4 Å². The Morgan fingerprint density at radius 2 is 2.16 bits per heavy atom. The number of rotatable bonds is 5. The molecule has 0 fully saturated rings. The molecule has 1 atom stereocenters. The minimum Gasteiger partial charge on any atom is -0.398 e. The van der Waals surface area contributed by atoms with Crippen LogP contribution in [0.25, 0.3) is 0 Å². The van der Waals surface area contributed by atoms with Gasteiger partial charge in [0, 0.05) is 24.3 Å². The first kappa shape index (κ1) is 13.8.